The molecule has 1 N–H and O–H groups in total. The van der Waals surface area contributed by atoms with Crippen LogP contribution < -0.4 is 14.8 Å². The van der Waals surface area contributed by atoms with Crippen molar-refractivity contribution >= 4 is 23.6 Å². The summed E-state index contributed by atoms with van der Waals surface area (Å²) in [6.07, 6.45) is 0. The van der Waals surface area contributed by atoms with Crippen LogP contribution in [0.15, 0.2) is 23.4 Å². The van der Waals surface area contributed by atoms with E-state index in [2.05, 4.69) is 5.32 Å². The third kappa shape index (κ3) is 3.72. The number of urea groups is 1. The third-order valence-electron chi connectivity index (χ3n) is 4.13. The normalized spacial score (nSPS) is 17.1. The van der Waals surface area contributed by atoms with Gasteiger partial charge in [-0.25, -0.2) is 9.59 Å². The van der Waals surface area contributed by atoms with Gasteiger partial charge in [-0.05, 0) is 26.8 Å². The van der Waals surface area contributed by atoms with E-state index in [4.69, 9.17) is 25.8 Å². The molecule has 0 bridgehead atoms. The average Bonchev–Trinajstić information content (AvgIpc) is 2.61. The SMILES string of the molecule is CCOc1cc(Cl)c([C@H]2NC(=O)N(C)C(C)=C2C(=O)OC)cc1OCC. The van der Waals surface area contributed by atoms with E-state index >= 15 is 0 Å². The van der Waals surface area contributed by atoms with E-state index in [1.165, 1.54) is 12.0 Å². The van der Waals surface area contributed by atoms with Crippen molar-refractivity contribution in [2.45, 2.75) is 26.8 Å². The Bertz CT molecular complexity index is 747. The number of rotatable bonds is 6. The van der Waals surface area contributed by atoms with Crippen molar-refractivity contribution in [1.29, 1.82) is 0 Å². The van der Waals surface area contributed by atoms with Crippen LogP contribution in [0.2, 0.25) is 5.02 Å². The lowest BCUT2D eigenvalue weighted by atomic mass is 9.94. The maximum absolute atomic E-state index is 12.3. The number of nitrogens with one attached hydrogen (secondary N) is 1. The number of hydrogen-bond donors (Lipinski definition) is 1. The fraction of sp³-hybridized carbons (Fsp3) is 0.444. The van der Waals surface area contributed by atoms with Crippen molar-refractivity contribution in [1.82, 2.24) is 10.2 Å². The molecule has 0 aromatic heterocycles. The molecule has 2 amide bonds. The molecule has 0 unspecified atom stereocenters. The van der Waals surface area contributed by atoms with Gasteiger partial charge in [0, 0.05) is 24.4 Å². The summed E-state index contributed by atoms with van der Waals surface area (Å²) in [5, 5.41) is 3.14. The molecule has 1 aliphatic heterocycles. The summed E-state index contributed by atoms with van der Waals surface area (Å²) in [6, 6.07) is 2.21. The molecule has 2 rings (SSSR count). The molecule has 1 heterocycles. The summed E-state index contributed by atoms with van der Waals surface area (Å²) in [7, 11) is 2.87. The number of benzene rings is 1. The zero-order valence-electron chi connectivity index (χ0n) is 15.5. The first-order valence-electron chi connectivity index (χ1n) is 8.27. The zero-order valence-corrected chi connectivity index (χ0v) is 16.3. The highest BCUT2D eigenvalue weighted by atomic mass is 35.5. The lowest BCUT2D eigenvalue weighted by Crippen LogP contribution is -2.46. The summed E-state index contributed by atoms with van der Waals surface area (Å²) in [5.41, 5.74) is 1.33. The lowest BCUT2D eigenvalue weighted by Gasteiger charge is -2.33. The Hall–Kier alpha value is -2.41. The van der Waals surface area contributed by atoms with Gasteiger partial charge in [0.1, 0.15) is 0 Å². The van der Waals surface area contributed by atoms with E-state index in [-0.39, 0.29) is 6.03 Å². The van der Waals surface area contributed by atoms with Gasteiger partial charge in [-0.3, -0.25) is 0 Å². The van der Waals surface area contributed by atoms with Crippen LogP contribution in [0.3, 0.4) is 0 Å². The first-order valence-corrected chi connectivity index (χ1v) is 8.65. The van der Waals surface area contributed by atoms with E-state index in [9.17, 15) is 9.59 Å². The maximum Gasteiger partial charge on any atom is 0.337 e. The summed E-state index contributed by atoms with van der Waals surface area (Å²) in [6.45, 7) is 6.28. The number of allylic oxidation sites excluding steroid dienone is 1. The van der Waals surface area contributed by atoms with Crippen LogP contribution in [0, 0.1) is 0 Å². The molecule has 1 atom stereocenters. The quantitative estimate of drug-likeness (QED) is 0.764. The molecule has 26 heavy (non-hydrogen) atoms. The molecule has 0 fully saturated rings. The van der Waals surface area contributed by atoms with E-state index in [0.29, 0.717) is 46.6 Å². The molecule has 0 aliphatic carbocycles. The van der Waals surface area contributed by atoms with E-state index < -0.39 is 12.0 Å². The second-order valence-corrected chi connectivity index (χ2v) is 6.03. The maximum atomic E-state index is 12.3. The molecular weight excluding hydrogens is 360 g/mol. The number of methoxy groups -OCH3 is 1. The number of esters is 1. The number of halogens is 1. The summed E-state index contributed by atoms with van der Waals surface area (Å²) < 4.78 is 16.1. The number of carbonyl (C=O) groups is 2. The molecule has 1 aromatic carbocycles. The summed E-state index contributed by atoms with van der Waals surface area (Å²) >= 11 is 6.44. The topological polar surface area (TPSA) is 77.1 Å². The Labute approximate surface area is 157 Å². The Kier molecular flexibility index (Phi) is 6.37. The fourth-order valence-corrected chi connectivity index (χ4v) is 3.01. The first-order chi connectivity index (χ1) is 12.3. The van der Waals surface area contributed by atoms with Crippen LogP contribution in [0.4, 0.5) is 4.79 Å². The standard InChI is InChI=1S/C18H23ClN2O5/c1-6-25-13-8-11(12(19)9-14(13)26-7-2)16-15(17(22)24-5)10(3)21(4)18(23)20-16/h8-9,16H,6-7H2,1-5H3,(H,20,23)/t16-/m1/s1. The van der Waals surface area contributed by atoms with Gasteiger partial charge in [0.15, 0.2) is 11.5 Å². The van der Waals surface area contributed by atoms with Gasteiger partial charge in [0.25, 0.3) is 0 Å². The highest BCUT2D eigenvalue weighted by molar-refractivity contribution is 6.31. The van der Waals surface area contributed by atoms with Gasteiger partial charge in [-0.2, -0.15) is 0 Å². The van der Waals surface area contributed by atoms with Crippen molar-refractivity contribution in [3.8, 4) is 11.5 Å². The molecule has 0 saturated carbocycles. The fourth-order valence-electron chi connectivity index (χ4n) is 2.75. The van der Waals surface area contributed by atoms with E-state index in [0.717, 1.165) is 0 Å². The van der Waals surface area contributed by atoms with Crippen molar-refractivity contribution in [2.24, 2.45) is 0 Å². The molecule has 0 spiro atoms. The van der Waals surface area contributed by atoms with Crippen molar-refractivity contribution in [3.63, 3.8) is 0 Å². The van der Waals surface area contributed by atoms with Crippen LogP contribution in [-0.2, 0) is 9.53 Å². The molecule has 0 saturated heterocycles. The smallest absolute Gasteiger partial charge is 0.337 e. The van der Waals surface area contributed by atoms with Crippen LogP contribution in [0.1, 0.15) is 32.4 Å². The Balaban J connectivity index is 2.62. The first kappa shape index (κ1) is 19.9. The van der Waals surface area contributed by atoms with Gasteiger partial charge in [-0.1, -0.05) is 11.6 Å². The Morgan fingerprint density at radius 1 is 1.23 bits per heavy atom. The minimum Gasteiger partial charge on any atom is -0.490 e. The van der Waals surface area contributed by atoms with Gasteiger partial charge < -0.3 is 24.4 Å². The number of amides is 2. The molecule has 7 nitrogen and oxygen atoms in total. The largest absolute Gasteiger partial charge is 0.490 e. The molecule has 0 radical (unpaired) electrons. The molecule has 8 heteroatoms. The highest BCUT2D eigenvalue weighted by Gasteiger charge is 2.36. The second-order valence-electron chi connectivity index (χ2n) is 5.62. The van der Waals surface area contributed by atoms with Crippen LogP contribution in [-0.4, -0.2) is 44.3 Å². The molecule has 142 valence electrons. The average molecular weight is 383 g/mol. The van der Waals surface area contributed by atoms with Gasteiger partial charge in [0.2, 0.25) is 0 Å². The number of hydrogen-bond acceptors (Lipinski definition) is 5. The Morgan fingerprint density at radius 3 is 2.35 bits per heavy atom. The zero-order chi connectivity index (χ0) is 19.4. The summed E-state index contributed by atoms with van der Waals surface area (Å²) in [4.78, 5) is 26.0. The van der Waals surface area contributed by atoms with Crippen LogP contribution >= 0.6 is 11.6 Å². The monoisotopic (exact) mass is 382 g/mol. The second kappa shape index (κ2) is 8.31. The minimum atomic E-state index is -0.756. The van der Waals surface area contributed by atoms with E-state index in [1.807, 2.05) is 13.8 Å². The van der Waals surface area contributed by atoms with Crippen molar-refractivity contribution in [2.75, 3.05) is 27.4 Å². The predicted molar refractivity (Wildman–Crippen MR) is 97.5 cm³/mol. The number of carbonyl (C=O) groups excluding carboxylic acids is 2. The number of ether oxygens (including phenoxy) is 3. The van der Waals surface area contributed by atoms with Crippen molar-refractivity contribution in [3.05, 3.63) is 34.0 Å². The molecular formula is C18H23ClN2O5. The lowest BCUT2D eigenvalue weighted by molar-refractivity contribution is -0.136. The minimum absolute atomic E-state index is 0.308. The molecule has 1 aromatic rings. The van der Waals surface area contributed by atoms with Crippen molar-refractivity contribution < 1.29 is 23.8 Å². The number of nitrogens with zero attached hydrogens (tertiary/aromatic N) is 1. The van der Waals surface area contributed by atoms with Gasteiger partial charge in [0.05, 0.1) is 37.0 Å². The van der Waals surface area contributed by atoms with Crippen LogP contribution in [0.5, 0.6) is 11.5 Å². The highest BCUT2D eigenvalue weighted by Crippen LogP contribution is 2.40. The van der Waals surface area contributed by atoms with E-state index in [1.54, 1.807) is 26.1 Å². The predicted octanol–water partition coefficient (Wildman–Crippen LogP) is 3.28. The van der Waals surface area contributed by atoms with Gasteiger partial charge >= 0.3 is 12.0 Å². The molecule has 1 aliphatic rings. The van der Waals surface area contributed by atoms with Crippen LogP contribution in [0.25, 0.3) is 0 Å². The Morgan fingerprint density at radius 2 is 1.81 bits per heavy atom. The summed E-state index contributed by atoms with van der Waals surface area (Å²) in [5.74, 6) is 0.453. The third-order valence-corrected chi connectivity index (χ3v) is 4.46. The van der Waals surface area contributed by atoms with Gasteiger partial charge in [-0.15, -0.1) is 0 Å².